The maximum absolute atomic E-state index is 13.3. The van der Waals surface area contributed by atoms with E-state index in [1.54, 1.807) is 18.2 Å². The standard InChI is InChI=1S/C17H18FNO4S/c1-2-22-16-8-4-7-14-15(9-10-23-17(14)16)19-24(20,21)13-6-3-5-12(18)11-13/h3-8,11,15,19H,2,9-10H2,1H3. The quantitative estimate of drug-likeness (QED) is 0.899. The van der Waals surface area contributed by atoms with Gasteiger partial charge in [-0.3, -0.25) is 0 Å². The van der Waals surface area contributed by atoms with E-state index in [0.29, 0.717) is 36.7 Å². The molecule has 1 unspecified atom stereocenters. The van der Waals surface area contributed by atoms with Gasteiger partial charge in [0.05, 0.1) is 24.2 Å². The summed E-state index contributed by atoms with van der Waals surface area (Å²) in [6.45, 7) is 2.72. The summed E-state index contributed by atoms with van der Waals surface area (Å²) in [6.07, 6.45) is 0.483. The molecule has 5 nitrogen and oxygen atoms in total. The molecule has 0 aromatic heterocycles. The Morgan fingerprint density at radius 3 is 2.83 bits per heavy atom. The normalized spacial score (nSPS) is 17.0. The second kappa shape index (κ2) is 6.78. The Morgan fingerprint density at radius 2 is 2.08 bits per heavy atom. The molecule has 1 aliphatic rings. The van der Waals surface area contributed by atoms with E-state index in [-0.39, 0.29) is 4.90 Å². The molecule has 1 heterocycles. The van der Waals surface area contributed by atoms with Crippen molar-refractivity contribution in [3.63, 3.8) is 0 Å². The van der Waals surface area contributed by atoms with Gasteiger partial charge >= 0.3 is 0 Å². The van der Waals surface area contributed by atoms with E-state index >= 15 is 0 Å². The van der Waals surface area contributed by atoms with Gasteiger partial charge in [0.2, 0.25) is 10.0 Å². The van der Waals surface area contributed by atoms with Gasteiger partial charge in [0.1, 0.15) is 5.82 Å². The van der Waals surface area contributed by atoms with Gasteiger partial charge in [0.15, 0.2) is 11.5 Å². The van der Waals surface area contributed by atoms with Crippen LogP contribution in [0.2, 0.25) is 0 Å². The summed E-state index contributed by atoms with van der Waals surface area (Å²) in [5.74, 6) is 0.547. The molecule has 128 valence electrons. The topological polar surface area (TPSA) is 64.6 Å². The fraction of sp³-hybridized carbons (Fsp3) is 0.294. The number of sulfonamides is 1. The van der Waals surface area contributed by atoms with E-state index in [0.717, 1.165) is 6.07 Å². The van der Waals surface area contributed by atoms with E-state index in [1.807, 2.05) is 6.92 Å². The summed E-state index contributed by atoms with van der Waals surface area (Å²) in [5.41, 5.74) is 0.715. The molecule has 2 aromatic rings. The lowest BCUT2D eigenvalue weighted by molar-refractivity contribution is 0.239. The van der Waals surface area contributed by atoms with Crippen LogP contribution in [-0.4, -0.2) is 21.6 Å². The Bertz CT molecular complexity index is 838. The van der Waals surface area contributed by atoms with Gasteiger partial charge in [0.25, 0.3) is 0 Å². The molecule has 0 amide bonds. The van der Waals surface area contributed by atoms with Crippen LogP contribution in [0.3, 0.4) is 0 Å². The molecule has 0 spiro atoms. The first-order valence-corrected chi connectivity index (χ1v) is 9.16. The minimum atomic E-state index is -3.84. The van der Waals surface area contributed by atoms with E-state index < -0.39 is 21.9 Å². The SMILES string of the molecule is CCOc1cccc2c1OCCC2NS(=O)(=O)c1cccc(F)c1. The van der Waals surface area contributed by atoms with Crippen molar-refractivity contribution in [3.05, 3.63) is 53.8 Å². The molecule has 0 fully saturated rings. The number of rotatable bonds is 5. The van der Waals surface area contributed by atoms with E-state index in [2.05, 4.69) is 4.72 Å². The molecule has 0 saturated carbocycles. The Labute approximate surface area is 140 Å². The maximum Gasteiger partial charge on any atom is 0.241 e. The molecule has 1 N–H and O–H groups in total. The molecular weight excluding hydrogens is 333 g/mol. The second-order valence-electron chi connectivity index (χ2n) is 5.38. The molecular formula is C17H18FNO4S. The first kappa shape index (κ1) is 16.7. The average Bonchev–Trinajstić information content (AvgIpc) is 2.56. The number of nitrogens with one attached hydrogen (secondary N) is 1. The first-order chi connectivity index (χ1) is 11.5. The second-order valence-corrected chi connectivity index (χ2v) is 7.09. The fourth-order valence-electron chi connectivity index (χ4n) is 2.68. The third-order valence-electron chi connectivity index (χ3n) is 3.74. The molecule has 24 heavy (non-hydrogen) atoms. The predicted molar refractivity (Wildman–Crippen MR) is 87.2 cm³/mol. The van der Waals surface area contributed by atoms with Crippen molar-refractivity contribution in [2.45, 2.75) is 24.3 Å². The zero-order chi connectivity index (χ0) is 17.2. The van der Waals surface area contributed by atoms with Gasteiger partial charge in [-0.2, -0.15) is 0 Å². The fourth-order valence-corrected chi connectivity index (χ4v) is 3.96. The highest BCUT2D eigenvalue weighted by atomic mass is 32.2. The molecule has 0 bridgehead atoms. The third-order valence-corrected chi connectivity index (χ3v) is 5.21. The lowest BCUT2D eigenvalue weighted by Gasteiger charge is -2.27. The third kappa shape index (κ3) is 3.37. The predicted octanol–water partition coefficient (Wildman–Crippen LogP) is 3.03. The number of benzene rings is 2. The maximum atomic E-state index is 13.3. The molecule has 3 rings (SSSR count). The Balaban J connectivity index is 1.91. The monoisotopic (exact) mass is 351 g/mol. The lowest BCUT2D eigenvalue weighted by atomic mass is 10.0. The van der Waals surface area contributed by atoms with Crippen LogP contribution in [0.1, 0.15) is 24.9 Å². The summed E-state index contributed by atoms with van der Waals surface area (Å²) in [5, 5.41) is 0. The van der Waals surface area contributed by atoms with Crippen molar-refractivity contribution in [2.75, 3.05) is 13.2 Å². The van der Waals surface area contributed by atoms with Crippen molar-refractivity contribution in [1.29, 1.82) is 0 Å². The van der Waals surface area contributed by atoms with Crippen LogP contribution in [-0.2, 0) is 10.0 Å². The van der Waals surface area contributed by atoms with Gasteiger partial charge in [-0.25, -0.2) is 17.5 Å². The zero-order valence-corrected chi connectivity index (χ0v) is 14.0. The largest absolute Gasteiger partial charge is 0.490 e. The van der Waals surface area contributed by atoms with Crippen LogP contribution in [0.15, 0.2) is 47.4 Å². The van der Waals surface area contributed by atoms with Crippen LogP contribution in [0.4, 0.5) is 4.39 Å². The number of hydrogen-bond acceptors (Lipinski definition) is 4. The number of hydrogen-bond donors (Lipinski definition) is 1. The van der Waals surface area contributed by atoms with Crippen molar-refractivity contribution >= 4 is 10.0 Å². The van der Waals surface area contributed by atoms with Crippen LogP contribution < -0.4 is 14.2 Å². The van der Waals surface area contributed by atoms with E-state index in [9.17, 15) is 12.8 Å². The highest BCUT2D eigenvalue weighted by molar-refractivity contribution is 7.89. The highest BCUT2D eigenvalue weighted by Gasteiger charge is 2.28. The van der Waals surface area contributed by atoms with Gasteiger partial charge in [0, 0.05) is 12.0 Å². The van der Waals surface area contributed by atoms with Crippen LogP contribution in [0, 0.1) is 5.82 Å². The van der Waals surface area contributed by atoms with Crippen molar-refractivity contribution in [3.8, 4) is 11.5 Å². The number of halogens is 1. The zero-order valence-electron chi connectivity index (χ0n) is 13.2. The van der Waals surface area contributed by atoms with E-state index in [1.165, 1.54) is 18.2 Å². The summed E-state index contributed by atoms with van der Waals surface area (Å²) < 4.78 is 52.2. The van der Waals surface area contributed by atoms with E-state index in [4.69, 9.17) is 9.47 Å². The lowest BCUT2D eigenvalue weighted by Crippen LogP contribution is -2.32. The summed E-state index contributed by atoms with van der Waals surface area (Å²) >= 11 is 0. The van der Waals surface area contributed by atoms with Gasteiger partial charge < -0.3 is 9.47 Å². The van der Waals surface area contributed by atoms with Gasteiger partial charge in [-0.1, -0.05) is 18.2 Å². The minimum absolute atomic E-state index is 0.100. The van der Waals surface area contributed by atoms with Gasteiger partial charge in [-0.15, -0.1) is 0 Å². The van der Waals surface area contributed by atoms with Crippen LogP contribution >= 0.6 is 0 Å². The smallest absolute Gasteiger partial charge is 0.241 e. The molecule has 1 atom stereocenters. The summed E-state index contributed by atoms with van der Waals surface area (Å²) in [7, 11) is -3.84. The number of para-hydroxylation sites is 1. The summed E-state index contributed by atoms with van der Waals surface area (Å²) in [4.78, 5) is -0.100. The average molecular weight is 351 g/mol. The number of ether oxygens (including phenoxy) is 2. The highest BCUT2D eigenvalue weighted by Crippen LogP contribution is 2.39. The molecule has 1 aliphatic heterocycles. The molecule has 0 aliphatic carbocycles. The summed E-state index contributed by atoms with van der Waals surface area (Å²) in [6, 6.07) is 9.86. The molecule has 2 aromatic carbocycles. The molecule has 0 radical (unpaired) electrons. The van der Waals surface area contributed by atoms with Crippen molar-refractivity contribution < 1.29 is 22.3 Å². The van der Waals surface area contributed by atoms with Crippen molar-refractivity contribution in [1.82, 2.24) is 4.72 Å². The Hall–Kier alpha value is -2.12. The van der Waals surface area contributed by atoms with Crippen molar-refractivity contribution in [2.24, 2.45) is 0 Å². The Morgan fingerprint density at radius 1 is 1.29 bits per heavy atom. The van der Waals surface area contributed by atoms with Crippen LogP contribution in [0.5, 0.6) is 11.5 Å². The number of fused-ring (bicyclic) bond motifs is 1. The molecule has 0 saturated heterocycles. The Kier molecular flexibility index (Phi) is 4.73. The molecule has 7 heteroatoms. The minimum Gasteiger partial charge on any atom is -0.490 e. The van der Waals surface area contributed by atoms with Crippen LogP contribution in [0.25, 0.3) is 0 Å². The van der Waals surface area contributed by atoms with Gasteiger partial charge in [-0.05, 0) is 31.2 Å². The first-order valence-electron chi connectivity index (χ1n) is 7.67.